The molecule has 118 valence electrons. The molecule has 0 radical (unpaired) electrons. The lowest BCUT2D eigenvalue weighted by atomic mass is 10.2. The van der Waals surface area contributed by atoms with Gasteiger partial charge in [0, 0.05) is 13.1 Å². The van der Waals surface area contributed by atoms with Gasteiger partial charge in [-0.15, -0.1) is 5.10 Å². The molecule has 0 bridgehead atoms. The average Bonchev–Trinajstić information content (AvgIpc) is 2.54. The van der Waals surface area contributed by atoms with Crippen molar-refractivity contribution in [1.82, 2.24) is 15.1 Å². The van der Waals surface area contributed by atoms with Crippen LogP contribution in [-0.4, -0.2) is 58.9 Å². The van der Waals surface area contributed by atoms with E-state index in [0.29, 0.717) is 11.4 Å². The maximum Gasteiger partial charge on any atom is 0.173 e. The Balaban J connectivity index is 2.77. The summed E-state index contributed by atoms with van der Waals surface area (Å²) < 4.78 is 0. The highest BCUT2D eigenvalue weighted by Crippen LogP contribution is 2.16. The topological polar surface area (TPSA) is 90.9 Å². The Kier molecular flexibility index (Phi) is 7.45. The van der Waals surface area contributed by atoms with Gasteiger partial charge in [-0.2, -0.15) is 5.10 Å². The number of hydrogen-bond acceptors (Lipinski definition) is 6. The zero-order chi connectivity index (χ0) is 15.7. The number of oxime groups is 1. The molecule has 21 heavy (non-hydrogen) atoms. The number of anilines is 1. The van der Waals surface area contributed by atoms with Crippen molar-refractivity contribution in [3.8, 4) is 0 Å². The Hall–Kier alpha value is -1.89. The van der Waals surface area contributed by atoms with E-state index in [1.165, 1.54) is 0 Å². The predicted octanol–water partition coefficient (Wildman–Crippen LogP) is 1.13. The molecule has 0 aliphatic rings. The Morgan fingerprint density at radius 3 is 2.52 bits per heavy atom. The van der Waals surface area contributed by atoms with E-state index < -0.39 is 0 Å². The fourth-order valence-electron chi connectivity index (χ4n) is 2.25. The van der Waals surface area contributed by atoms with Crippen LogP contribution in [0, 0.1) is 0 Å². The summed E-state index contributed by atoms with van der Waals surface area (Å²) in [7, 11) is 0. The minimum absolute atomic E-state index is 0.0575. The van der Waals surface area contributed by atoms with Gasteiger partial charge in [0.25, 0.3) is 0 Å². The molecule has 0 amide bonds. The van der Waals surface area contributed by atoms with Gasteiger partial charge < -0.3 is 20.7 Å². The van der Waals surface area contributed by atoms with Crippen molar-refractivity contribution in [2.24, 2.45) is 10.9 Å². The Morgan fingerprint density at radius 1 is 1.24 bits per heavy atom. The number of nitrogens with two attached hydrogens (primary N) is 1. The molecule has 0 atom stereocenters. The maximum absolute atomic E-state index is 8.87. The first-order chi connectivity index (χ1) is 10.2. The molecule has 0 spiro atoms. The Bertz CT molecular complexity index is 447. The predicted molar refractivity (Wildman–Crippen MR) is 84.8 cm³/mol. The fraction of sp³-hybridized carbons (Fsp3) is 0.643. The van der Waals surface area contributed by atoms with Crippen molar-refractivity contribution >= 4 is 11.7 Å². The zero-order valence-electron chi connectivity index (χ0n) is 13.2. The van der Waals surface area contributed by atoms with Crippen LogP contribution in [0.2, 0.25) is 0 Å². The molecule has 1 aromatic rings. The lowest BCUT2D eigenvalue weighted by molar-refractivity contribution is 0.300. The van der Waals surface area contributed by atoms with E-state index in [4.69, 9.17) is 10.9 Å². The molecule has 7 nitrogen and oxygen atoms in total. The minimum Gasteiger partial charge on any atom is -0.409 e. The molecule has 0 saturated carbocycles. The second-order valence-corrected chi connectivity index (χ2v) is 4.71. The summed E-state index contributed by atoms with van der Waals surface area (Å²) in [6.45, 7) is 11.2. The molecule has 7 heteroatoms. The van der Waals surface area contributed by atoms with Gasteiger partial charge in [-0.1, -0.05) is 19.0 Å². The molecule has 1 heterocycles. The van der Waals surface area contributed by atoms with Crippen LogP contribution in [0.1, 0.15) is 32.8 Å². The number of hydrogen-bond donors (Lipinski definition) is 2. The number of amidine groups is 1. The molecule has 0 fully saturated rings. The van der Waals surface area contributed by atoms with Crippen molar-refractivity contribution in [2.75, 3.05) is 37.6 Å². The van der Waals surface area contributed by atoms with Crippen LogP contribution in [0.3, 0.4) is 0 Å². The third kappa shape index (κ3) is 4.86. The molecule has 0 unspecified atom stereocenters. The van der Waals surface area contributed by atoms with Crippen molar-refractivity contribution in [1.29, 1.82) is 0 Å². The van der Waals surface area contributed by atoms with Crippen LogP contribution < -0.4 is 10.6 Å². The van der Waals surface area contributed by atoms with Gasteiger partial charge in [-0.25, -0.2) is 0 Å². The van der Waals surface area contributed by atoms with Gasteiger partial charge in [-0.3, -0.25) is 0 Å². The fourth-order valence-corrected chi connectivity index (χ4v) is 2.25. The molecule has 0 aliphatic heterocycles. The second-order valence-electron chi connectivity index (χ2n) is 4.71. The van der Waals surface area contributed by atoms with Crippen LogP contribution >= 0.6 is 0 Å². The highest BCUT2D eigenvalue weighted by molar-refractivity contribution is 6.01. The summed E-state index contributed by atoms with van der Waals surface area (Å²) >= 11 is 0. The molecule has 1 rings (SSSR count). The van der Waals surface area contributed by atoms with E-state index in [1.54, 1.807) is 12.3 Å². The first kappa shape index (κ1) is 17.2. The molecular weight excluding hydrogens is 268 g/mol. The number of nitrogens with zero attached hydrogens (tertiary/aromatic N) is 5. The molecule has 0 aliphatic carbocycles. The molecule has 1 aromatic heterocycles. The normalized spacial score (nSPS) is 11.9. The smallest absolute Gasteiger partial charge is 0.173 e. The van der Waals surface area contributed by atoms with E-state index in [0.717, 1.165) is 39.1 Å². The quantitative estimate of drug-likeness (QED) is 0.307. The maximum atomic E-state index is 8.87. The van der Waals surface area contributed by atoms with Crippen molar-refractivity contribution in [2.45, 2.75) is 27.2 Å². The minimum atomic E-state index is 0.0575. The van der Waals surface area contributed by atoms with E-state index in [2.05, 4.69) is 45.9 Å². The van der Waals surface area contributed by atoms with Gasteiger partial charge in [-0.05, 0) is 39.0 Å². The summed E-state index contributed by atoms with van der Waals surface area (Å²) in [6, 6.07) is 1.71. The summed E-state index contributed by atoms with van der Waals surface area (Å²) in [4.78, 5) is 4.48. The standard InChI is InChI=1S/C14H26N6O/c1-4-19(5-2)10-7-11-20(6-3)14-12(13(15)18-21)8-9-16-17-14/h8-9,21H,4-7,10-11H2,1-3H3,(H2,15,18). The molecule has 0 aromatic carbocycles. The molecule has 3 N–H and O–H groups in total. The summed E-state index contributed by atoms with van der Waals surface area (Å²) in [6.07, 6.45) is 2.57. The average molecular weight is 294 g/mol. The van der Waals surface area contributed by atoms with Gasteiger partial charge >= 0.3 is 0 Å². The van der Waals surface area contributed by atoms with Gasteiger partial charge in [0.15, 0.2) is 11.7 Å². The van der Waals surface area contributed by atoms with Crippen molar-refractivity contribution in [3.63, 3.8) is 0 Å². The lowest BCUT2D eigenvalue weighted by Gasteiger charge is -2.25. The monoisotopic (exact) mass is 294 g/mol. The Morgan fingerprint density at radius 2 is 1.95 bits per heavy atom. The van der Waals surface area contributed by atoms with E-state index >= 15 is 0 Å². The van der Waals surface area contributed by atoms with Gasteiger partial charge in [0.2, 0.25) is 0 Å². The van der Waals surface area contributed by atoms with Crippen LogP contribution in [0.5, 0.6) is 0 Å². The second kappa shape index (κ2) is 9.12. The van der Waals surface area contributed by atoms with E-state index in [-0.39, 0.29) is 5.84 Å². The van der Waals surface area contributed by atoms with Crippen LogP contribution in [-0.2, 0) is 0 Å². The first-order valence-corrected chi connectivity index (χ1v) is 7.44. The molecular formula is C14H26N6O. The molecule has 0 saturated heterocycles. The van der Waals surface area contributed by atoms with E-state index in [1.807, 2.05) is 0 Å². The summed E-state index contributed by atoms with van der Waals surface area (Å²) in [5.74, 6) is 0.719. The lowest BCUT2D eigenvalue weighted by Crippen LogP contribution is -2.32. The van der Waals surface area contributed by atoms with Gasteiger partial charge in [0.05, 0.1) is 11.8 Å². The summed E-state index contributed by atoms with van der Waals surface area (Å²) in [5, 5.41) is 20.0. The largest absolute Gasteiger partial charge is 0.409 e. The number of rotatable bonds is 9. The van der Waals surface area contributed by atoms with Crippen LogP contribution in [0.15, 0.2) is 17.4 Å². The van der Waals surface area contributed by atoms with E-state index in [9.17, 15) is 0 Å². The van der Waals surface area contributed by atoms with Gasteiger partial charge in [0.1, 0.15) is 0 Å². The highest BCUT2D eigenvalue weighted by atomic mass is 16.4. The third-order valence-electron chi connectivity index (χ3n) is 3.56. The number of aromatic nitrogens is 2. The Labute approximate surface area is 126 Å². The van der Waals surface area contributed by atoms with Crippen LogP contribution in [0.4, 0.5) is 5.82 Å². The van der Waals surface area contributed by atoms with Crippen LogP contribution in [0.25, 0.3) is 0 Å². The van der Waals surface area contributed by atoms with Crippen molar-refractivity contribution in [3.05, 3.63) is 17.8 Å². The third-order valence-corrected chi connectivity index (χ3v) is 3.56. The zero-order valence-corrected chi connectivity index (χ0v) is 13.2. The summed E-state index contributed by atoms with van der Waals surface area (Å²) in [5.41, 5.74) is 6.31. The highest BCUT2D eigenvalue weighted by Gasteiger charge is 2.15. The van der Waals surface area contributed by atoms with Crippen molar-refractivity contribution < 1.29 is 5.21 Å². The SMILES string of the molecule is CCN(CC)CCCN(CC)c1nnccc1/C(N)=N/O. The first-order valence-electron chi connectivity index (χ1n) is 7.44.